The lowest BCUT2D eigenvalue weighted by molar-refractivity contribution is 0.482. The molecule has 1 N–H and O–H groups in total. The Kier molecular flexibility index (Phi) is 5.81. The summed E-state index contributed by atoms with van der Waals surface area (Å²) < 4.78 is 1.87. The Morgan fingerprint density at radius 2 is 2.37 bits per heavy atom. The van der Waals surface area contributed by atoms with Crippen molar-refractivity contribution in [2.45, 2.75) is 31.3 Å². The third kappa shape index (κ3) is 4.93. The molecule has 2 aromatic heterocycles. The van der Waals surface area contributed by atoms with E-state index in [9.17, 15) is 0 Å². The fourth-order valence-electron chi connectivity index (χ4n) is 1.55. The van der Waals surface area contributed by atoms with E-state index >= 15 is 0 Å². The Morgan fingerprint density at radius 1 is 1.47 bits per heavy atom. The number of thiophene rings is 1. The van der Waals surface area contributed by atoms with Crippen LogP contribution in [0.15, 0.2) is 22.7 Å². The molecule has 0 bridgehead atoms. The number of hydrogen-bond acceptors (Lipinski definition) is 6. The van der Waals surface area contributed by atoms with E-state index < -0.39 is 0 Å². The molecule has 0 aliphatic carbocycles. The lowest BCUT2D eigenvalue weighted by Crippen LogP contribution is -2.24. The summed E-state index contributed by atoms with van der Waals surface area (Å²) in [7, 11) is 0. The molecular formula is C12H19N5S2. The van der Waals surface area contributed by atoms with Crippen LogP contribution < -0.4 is 5.32 Å². The number of hydrogen-bond donors (Lipinski definition) is 1. The van der Waals surface area contributed by atoms with Gasteiger partial charge in [-0.3, -0.25) is 0 Å². The molecule has 2 heterocycles. The van der Waals surface area contributed by atoms with Gasteiger partial charge < -0.3 is 5.32 Å². The second-order valence-corrected chi connectivity index (χ2v) is 6.63. The highest BCUT2D eigenvalue weighted by Gasteiger charge is 2.07. The SMILES string of the molecule is CC(C)CNCCn1nnnc1SCc1cccs1. The highest BCUT2D eigenvalue weighted by molar-refractivity contribution is 7.98. The summed E-state index contributed by atoms with van der Waals surface area (Å²) in [4.78, 5) is 1.34. The van der Waals surface area contributed by atoms with E-state index in [4.69, 9.17) is 0 Å². The minimum atomic E-state index is 0.668. The van der Waals surface area contributed by atoms with Crippen LogP contribution in [0.1, 0.15) is 18.7 Å². The van der Waals surface area contributed by atoms with Crippen LogP contribution in [0.3, 0.4) is 0 Å². The topological polar surface area (TPSA) is 55.6 Å². The molecule has 0 spiro atoms. The second kappa shape index (κ2) is 7.62. The Labute approximate surface area is 121 Å². The normalized spacial score (nSPS) is 11.3. The van der Waals surface area contributed by atoms with Crippen LogP contribution >= 0.6 is 23.1 Å². The van der Waals surface area contributed by atoms with Gasteiger partial charge in [-0.15, -0.1) is 16.4 Å². The van der Waals surface area contributed by atoms with Gasteiger partial charge in [0.15, 0.2) is 0 Å². The van der Waals surface area contributed by atoms with Crippen LogP contribution in [0.5, 0.6) is 0 Å². The molecule has 0 saturated heterocycles. The van der Waals surface area contributed by atoms with Crippen molar-refractivity contribution < 1.29 is 0 Å². The molecule has 0 radical (unpaired) electrons. The van der Waals surface area contributed by atoms with E-state index in [1.807, 2.05) is 4.68 Å². The molecular weight excluding hydrogens is 278 g/mol. The average Bonchev–Trinajstić information content (AvgIpc) is 3.03. The zero-order valence-corrected chi connectivity index (χ0v) is 12.9. The summed E-state index contributed by atoms with van der Waals surface area (Å²) in [5.74, 6) is 1.60. The van der Waals surface area contributed by atoms with Crippen molar-refractivity contribution in [3.8, 4) is 0 Å². The number of aromatic nitrogens is 4. The number of rotatable bonds is 8. The maximum Gasteiger partial charge on any atom is 0.209 e. The van der Waals surface area contributed by atoms with Gasteiger partial charge in [-0.1, -0.05) is 31.7 Å². The van der Waals surface area contributed by atoms with Crippen LogP contribution in [0.4, 0.5) is 0 Å². The van der Waals surface area contributed by atoms with E-state index in [1.54, 1.807) is 23.1 Å². The van der Waals surface area contributed by atoms with Gasteiger partial charge in [0.05, 0.1) is 6.54 Å². The second-order valence-electron chi connectivity index (χ2n) is 4.65. The molecule has 0 aliphatic rings. The number of nitrogens with zero attached hydrogens (tertiary/aromatic N) is 4. The zero-order valence-electron chi connectivity index (χ0n) is 11.2. The van der Waals surface area contributed by atoms with Crippen molar-refractivity contribution >= 4 is 23.1 Å². The van der Waals surface area contributed by atoms with E-state index in [0.717, 1.165) is 30.5 Å². The molecule has 7 heteroatoms. The standard InChI is InChI=1S/C12H19N5S2/c1-10(2)8-13-5-6-17-12(14-15-16-17)19-9-11-4-3-7-18-11/h3-4,7,10,13H,5-6,8-9H2,1-2H3. The van der Waals surface area contributed by atoms with Crippen molar-refractivity contribution in [3.63, 3.8) is 0 Å². The Balaban J connectivity index is 1.77. The summed E-state index contributed by atoms with van der Waals surface area (Å²) in [6.45, 7) is 7.14. The summed E-state index contributed by atoms with van der Waals surface area (Å²) >= 11 is 3.45. The molecule has 0 unspecified atom stereocenters. The molecule has 19 heavy (non-hydrogen) atoms. The van der Waals surface area contributed by atoms with Gasteiger partial charge >= 0.3 is 0 Å². The van der Waals surface area contributed by atoms with Gasteiger partial charge in [-0.05, 0) is 34.3 Å². The quantitative estimate of drug-likeness (QED) is 0.598. The molecule has 2 aromatic rings. The van der Waals surface area contributed by atoms with E-state index in [2.05, 4.69) is 52.2 Å². The highest BCUT2D eigenvalue weighted by atomic mass is 32.2. The Bertz CT molecular complexity index is 466. The molecule has 2 rings (SSSR count). The van der Waals surface area contributed by atoms with Gasteiger partial charge in [0.1, 0.15) is 0 Å². The molecule has 0 fully saturated rings. The maximum atomic E-state index is 4.07. The fraction of sp³-hybridized carbons (Fsp3) is 0.583. The first-order valence-corrected chi connectivity index (χ1v) is 8.24. The van der Waals surface area contributed by atoms with Crippen molar-refractivity contribution in [2.75, 3.05) is 13.1 Å². The third-order valence-electron chi connectivity index (χ3n) is 2.48. The summed E-state index contributed by atoms with van der Waals surface area (Å²) in [6, 6.07) is 4.20. The van der Waals surface area contributed by atoms with Crippen molar-refractivity contribution in [3.05, 3.63) is 22.4 Å². The third-order valence-corrected chi connectivity index (χ3v) is 4.54. The smallest absolute Gasteiger partial charge is 0.209 e. The Hall–Kier alpha value is -0.920. The van der Waals surface area contributed by atoms with Gasteiger partial charge in [0, 0.05) is 17.2 Å². The predicted octanol–water partition coefficient (Wildman–Crippen LogP) is 2.27. The van der Waals surface area contributed by atoms with E-state index in [0.29, 0.717) is 5.92 Å². The lowest BCUT2D eigenvalue weighted by Gasteiger charge is -2.07. The van der Waals surface area contributed by atoms with Crippen LogP contribution in [-0.2, 0) is 12.3 Å². The first-order chi connectivity index (χ1) is 9.25. The number of thioether (sulfide) groups is 1. The van der Waals surface area contributed by atoms with Crippen molar-refractivity contribution in [2.24, 2.45) is 5.92 Å². The van der Waals surface area contributed by atoms with Crippen LogP contribution in [-0.4, -0.2) is 33.3 Å². The van der Waals surface area contributed by atoms with Gasteiger partial charge in [0.2, 0.25) is 5.16 Å². The lowest BCUT2D eigenvalue weighted by atomic mass is 10.2. The minimum Gasteiger partial charge on any atom is -0.315 e. The monoisotopic (exact) mass is 297 g/mol. The molecule has 5 nitrogen and oxygen atoms in total. The summed E-state index contributed by atoms with van der Waals surface area (Å²) in [5, 5.41) is 18.2. The number of tetrazole rings is 1. The number of nitrogens with one attached hydrogen (secondary N) is 1. The Morgan fingerprint density at radius 3 is 3.11 bits per heavy atom. The first-order valence-electron chi connectivity index (χ1n) is 6.38. The van der Waals surface area contributed by atoms with Crippen molar-refractivity contribution in [1.29, 1.82) is 0 Å². The zero-order chi connectivity index (χ0) is 13.5. The molecule has 104 valence electrons. The van der Waals surface area contributed by atoms with Crippen molar-refractivity contribution in [1.82, 2.24) is 25.5 Å². The van der Waals surface area contributed by atoms with E-state index in [-0.39, 0.29) is 0 Å². The van der Waals surface area contributed by atoms with E-state index in [1.165, 1.54) is 4.88 Å². The summed E-state index contributed by atoms with van der Waals surface area (Å²) in [5.41, 5.74) is 0. The predicted molar refractivity (Wildman–Crippen MR) is 79.4 cm³/mol. The van der Waals surface area contributed by atoms with Crippen LogP contribution in [0.2, 0.25) is 0 Å². The minimum absolute atomic E-state index is 0.668. The fourth-order valence-corrected chi connectivity index (χ4v) is 3.22. The molecule has 0 amide bonds. The van der Waals surface area contributed by atoms with Crippen LogP contribution in [0, 0.1) is 5.92 Å². The molecule has 0 atom stereocenters. The average molecular weight is 297 g/mol. The van der Waals surface area contributed by atoms with Crippen LogP contribution in [0.25, 0.3) is 0 Å². The first kappa shape index (κ1) is 14.5. The highest BCUT2D eigenvalue weighted by Crippen LogP contribution is 2.22. The molecule has 0 aromatic carbocycles. The largest absolute Gasteiger partial charge is 0.315 e. The summed E-state index contributed by atoms with van der Waals surface area (Å²) in [6.07, 6.45) is 0. The van der Waals surface area contributed by atoms with Gasteiger partial charge in [0.25, 0.3) is 0 Å². The van der Waals surface area contributed by atoms with Gasteiger partial charge in [-0.25, -0.2) is 4.68 Å². The molecule has 0 aliphatic heterocycles. The maximum absolute atomic E-state index is 4.07. The molecule has 0 saturated carbocycles. The van der Waals surface area contributed by atoms with Gasteiger partial charge in [-0.2, -0.15) is 0 Å².